The molecular formula is C46H82NO10P. The van der Waals surface area contributed by atoms with E-state index in [2.05, 4.69) is 13.8 Å². The molecule has 336 valence electrons. The average molecular weight is 840 g/mol. The first-order valence-corrected chi connectivity index (χ1v) is 24.5. The smallest absolute Gasteiger partial charge is 0.462 e. The summed E-state index contributed by atoms with van der Waals surface area (Å²) in [6.45, 7) is 3.45. The van der Waals surface area contributed by atoms with Gasteiger partial charge in [-0.1, -0.05) is 198 Å². The van der Waals surface area contributed by atoms with Gasteiger partial charge < -0.3 is 24.0 Å². The van der Waals surface area contributed by atoms with Crippen LogP contribution in [0.3, 0.4) is 0 Å². The van der Waals surface area contributed by atoms with Crippen LogP contribution in [0.4, 0.5) is 4.79 Å². The Balaban J connectivity index is 2.42. The quantitative estimate of drug-likeness (QED) is 0.0294. The first kappa shape index (κ1) is 53.6. The Hall–Kier alpha value is -2.46. The molecule has 1 rings (SSSR count). The molecule has 0 fully saturated rings. The van der Waals surface area contributed by atoms with Gasteiger partial charge in [0.25, 0.3) is 0 Å². The molecule has 0 saturated carbocycles. The zero-order valence-electron chi connectivity index (χ0n) is 36.8. The van der Waals surface area contributed by atoms with Gasteiger partial charge in [0.15, 0.2) is 6.10 Å². The van der Waals surface area contributed by atoms with E-state index in [1.54, 1.807) is 0 Å². The summed E-state index contributed by atoms with van der Waals surface area (Å²) in [5.74, 6) is -0.889. The number of phosphoric acid groups is 1. The van der Waals surface area contributed by atoms with Gasteiger partial charge in [0.1, 0.15) is 13.2 Å². The maximum Gasteiger partial charge on any atom is 0.472 e. The van der Waals surface area contributed by atoms with E-state index < -0.39 is 38.6 Å². The molecule has 2 atom stereocenters. The molecule has 0 aliphatic heterocycles. The molecular weight excluding hydrogens is 757 g/mol. The largest absolute Gasteiger partial charge is 0.472 e. The van der Waals surface area contributed by atoms with E-state index in [0.717, 1.165) is 44.1 Å². The minimum absolute atomic E-state index is 0.0319. The van der Waals surface area contributed by atoms with E-state index in [-0.39, 0.29) is 39.2 Å². The van der Waals surface area contributed by atoms with Gasteiger partial charge in [0, 0.05) is 26.4 Å². The standard InChI is InChI=1S/C46H82NO10P/c1-4-6-8-10-12-14-16-18-20-22-24-26-31-35-44(48)53-40-43(57-45(49)36-32-27-25-23-21-19-17-15-13-11-9-7-5-2)41-56-58(51,52)55-38-37-47(3)46(50)54-39-42-33-29-28-30-34-42/h28-30,33-34,43H,4-27,31-32,35-41H2,1-3H3,(H,51,52)/t43-/m1/s1. The van der Waals surface area contributed by atoms with Crippen molar-refractivity contribution in [2.24, 2.45) is 0 Å². The lowest BCUT2D eigenvalue weighted by molar-refractivity contribution is -0.161. The fourth-order valence-corrected chi connectivity index (χ4v) is 7.36. The average Bonchev–Trinajstić information content (AvgIpc) is 3.21. The van der Waals surface area contributed by atoms with Gasteiger partial charge in [0.2, 0.25) is 0 Å². The molecule has 0 bridgehead atoms. The number of benzene rings is 1. The van der Waals surface area contributed by atoms with Crippen molar-refractivity contribution < 1.29 is 47.1 Å². The van der Waals surface area contributed by atoms with Crippen LogP contribution in [0.15, 0.2) is 30.3 Å². The van der Waals surface area contributed by atoms with Crippen molar-refractivity contribution in [2.75, 3.05) is 33.4 Å². The highest BCUT2D eigenvalue weighted by atomic mass is 31.2. The van der Waals surface area contributed by atoms with E-state index in [1.165, 1.54) is 128 Å². The molecule has 0 aliphatic carbocycles. The van der Waals surface area contributed by atoms with Crippen molar-refractivity contribution in [1.82, 2.24) is 4.90 Å². The lowest BCUT2D eigenvalue weighted by Gasteiger charge is -2.21. The van der Waals surface area contributed by atoms with Crippen LogP contribution in [0, 0.1) is 0 Å². The molecule has 0 spiro atoms. The molecule has 1 aromatic carbocycles. The van der Waals surface area contributed by atoms with Gasteiger partial charge in [-0.2, -0.15) is 0 Å². The lowest BCUT2D eigenvalue weighted by atomic mass is 10.0. The van der Waals surface area contributed by atoms with Gasteiger partial charge in [-0.3, -0.25) is 18.6 Å². The molecule has 1 amide bonds. The fourth-order valence-electron chi connectivity index (χ4n) is 6.62. The van der Waals surface area contributed by atoms with E-state index in [1.807, 2.05) is 30.3 Å². The Morgan fingerprint density at radius 3 is 1.48 bits per heavy atom. The topological polar surface area (TPSA) is 138 Å². The van der Waals surface area contributed by atoms with Gasteiger partial charge in [-0.15, -0.1) is 0 Å². The van der Waals surface area contributed by atoms with Crippen LogP contribution in [0.2, 0.25) is 0 Å². The second-order valence-electron chi connectivity index (χ2n) is 15.8. The normalized spacial score (nSPS) is 12.8. The van der Waals surface area contributed by atoms with Crippen molar-refractivity contribution in [3.8, 4) is 0 Å². The highest BCUT2D eigenvalue weighted by Crippen LogP contribution is 2.43. The molecule has 0 aliphatic rings. The van der Waals surface area contributed by atoms with Crippen molar-refractivity contribution >= 4 is 25.9 Å². The summed E-state index contributed by atoms with van der Waals surface area (Å²) in [6, 6.07) is 9.22. The molecule has 1 aromatic rings. The first-order valence-electron chi connectivity index (χ1n) is 23.1. The summed E-state index contributed by atoms with van der Waals surface area (Å²) in [7, 11) is -3.11. The molecule has 0 aromatic heterocycles. The fraction of sp³-hybridized carbons (Fsp3) is 0.804. The summed E-state index contributed by atoms with van der Waals surface area (Å²) in [5, 5.41) is 0. The van der Waals surface area contributed by atoms with Gasteiger partial charge >= 0.3 is 25.9 Å². The van der Waals surface area contributed by atoms with Crippen molar-refractivity contribution in [1.29, 1.82) is 0 Å². The van der Waals surface area contributed by atoms with Crippen LogP contribution in [0.1, 0.15) is 199 Å². The Morgan fingerprint density at radius 2 is 1.02 bits per heavy atom. The van der Waals surface area contributed by atoms with Crippen LogP contribution < -0.4 is 0 Å². The Kier molecular flexibility index (Phi) is 34.7. The number of unbranched alkanes of at least 4 members (excludes halogenated alkanes) is 24. The highest BCUT2D eigenvalue weighted by molar-refractivity contribution is 7.47. The predicted octanol–water partition coefficient (Wildman–Crippen LogP) is 12.8. The number of hydrogen-bond acceptors (Lipinski definition) is 9. The number of rotatable bonds is 40. The summed E-state index contributed by atoms with van der Waals surface area (Å²) >= 11 is 0. The van der Waals surface area contributed by atoms with Crippen LogP contribution in [0.5, 0.6) is 0 Å². The van der Waals surface area contributed by atoms with E-state index in [9.17, 15) is 23.8 Å². The zero-order valence-corrected chi connectivity index (χ0v) is 37.7. The minimum atomic E-state index is -4.59. The summed E-state index contributed by atoms with van der Waals surface area (Å²) < 4.78 is 39.2. The number of hydrogen-bond donors (Lipinski definition) is 1. The van der Waals surface area contributed by atoms with Crippen LogP contribution in [0.25, 0.3) is 0 Å². The second-order valence-corrected chi connectivity index (χ2v) is 17.3. The van der Waals surface area contributed by atoms with Crippen LogP contribution >= 0.6 is 7.82 Å². The Bertz CT molecular complexity index is 1190. The second kappa shape index (κ2) is 37.5. The minimum Gasteiger partial charge on any atom is -0.462 e. The first-order chi connectivity index (χ1) is 28.2. The number of carbonyl (C=O) groups is 3. The van der Waals surface area contributed by atoms with Gasteiger partial charge in [0.05, 0.1) is 13.2 Å². The van der Waals surface area contributed by atoms with E-state index >= 15 is 0 Å². The van der Waals surface area contributed by atoms with Gasteiger partial charge in [-0.05, 0) is 18.4 Å². The molecule has 0 saturated heterocycles. The molecule has 0 radical (unpaired) electrons. The molecule has 12 heteroatoms. The summed E-state index contributed by atoms with van der Waals surface area (Å²) in [4.78, 5) is 49.2. The summed E-state index contributed by atoms with van der Waals surface area (Å²) in [5.41, 5.74) is 0.832. The Morgan fingerprint density at radius 1 is 0.586 bits per heavy atom. The molecule has 58 heavy (non-hydrogen) atoms. The molecule has 0 heterocycles. The van der Waals surface area contributed by atoms with Crippen molar-refractivity contribution in [3.63, 3.8) is 0 Å². The zero-order chi connectivity index (χ0) is 42.4. The number of carbonyl (C=O) groups excluding carboxylic acids is 3. The van der Waals surface area contributed by atoms with E-state index in [4.69, 9.17) is 23.3 Å². The van der Waals surface area contributed by atoms with E-state index in [0.29, 0.717) is 12.8 Å². The maximum atomic E-state index is 12.8. The van der Waals surface area contributed by atoms with Crippen molar-refractivity contribution in [2.45, 2.75) is 206 Å². The molecule has 1 unspecified atom stereocenters. The number of nitrogens with zero attached hydrogens (tertiary/aromatic N) is 1. The predicted molar refractivity (Wildman–Crippen MR) is 232 cm³/mol. The molecule has 1 N–H and O–H groups in total. The number of phosphoric ester groups is 1. The SMILES string of the molecule is CCCCCCCCCCCCCCCC(=O)OC[C@H](COP(=O)(O)OCCN(C)C(=O)OCc1ccccc1)OC(=O)CCCCCCCCCCCCCCC. The lowest BCUT2D eigenvalue weighted by Crippen LogP contribution is -2.31. The third kappa shape index (κ3) is 33.4. The maximum absolute atomic E-state index is 12.8. The van der Waals surface area contributed by atoms with Crippen LogP contribution in [-0.2, 0) is 44.0 Å². The Labute approximate surface area is 352 Å². The third-order valence-electron chi connectivity index (χ3n) is 10.3. The number of esters is 2. The van der Waals surface area contributed by atoms with Gasteiger partial charge in [-0.25, -0.2) is 9.36 Å². The number of amides is 1. The van der Waals surface area contributed by atoms with Crippen LogP contribution in [-0.4, -0.2) is 67.3 Å². The highest BCUT2D eigenvalue weighted by Gasteiger charge is 2.26. The third-order valence-corrected chi connectivity index (χ3v) is 11.3. The summed E-state index contributed by atoms with van der Waals surface area (Å²) in [6.07, 6.45) is 29.9. The molecule has 11 nitrogen and oxygen atoms in total. The van der Waals surface area contributed by atoms with Crippen molar-refractivity contribution in [3.05, 3.63) is 35.9 Å². The number of ether oxygens (including phenoxy) is 3. The number of likely N-dealkylation sites (N-methyl/N-ethyl adjacent to an activating group) is 1. The monoisotopic (exact) mass is 840 g/mol.